The van der Waals surface area contributed by atoms with E-state index in [4.69, 9.17) is 4.74 Å². The molecular weight excluding hydrogens is 332 g/mol. The molecule has 0 bridgehead atoms. The highest BCUT2D eigenvalue weighted by atomic mass is 32.2. The summed E-state index contributed by atoms with van der Waals surface area (Å²) in [6.45, 7) is 6.21. The quantitative estimate of drug-likeness (QED) is 0.780. The Morgan fingerprint density at radius 2 is 2.00 bits per heavy atom. The van der Waals surface area contributed by atoms with Crippen molar-refractivity contribution in [1.82, 2.24) is 14.0 Å². The van der Waals surface area contributed by atoms with Crippen LogP contribution in [-0.4, -0.2) is 55.5 Å². The number of hydrogen-bond acceptors (Lipinski definition) is 5. The average Bonchev–Trinajstić information content (AvgIpc) is 2.48. The summed E-state index contributed by atoms with van der Waals surface area (Å²) in [5.41, 5.74) is 0.995. The summed E-state index contributed by atoms with van der Waals surface area (Å²) in [6, 6.07) is 3.54. The summed E-state index contributed by atoms with van der Waals surface area (Å²) in [5, 5.41) is 2.63. The number of ether oxygens (including phenoxy) is 1. The predicted octanol–water partition coefficient (Wildman–Crippen LogP) is 0.662. The summed E-state index contributed by atoms with van der Waals surface area (Å²) in [7, 11) is -3.62. The third-order valence-electron chi connectivity index (χ3n) is 3.54. The molecule has 1 amide bonds. The SMILES string of the molecule is Cc1ccc(NC(=O)CCNS(=O)(=O)N2C[C@@H](C)O[C@H](C)C2)nc1. The second kappa shape index (κ2) is 8.02. The van der Waals surface area contributed by atoms with Gasteiger partial charge in [-0.15, -0.1) is 0 Å². The lowest BCUT2D eigenvalue weighted by Crippen LogP contribution is -2.52. The van der Waals surface area contributed by atoms with E-state index in [2.05, 4.69) is 15.0 Å². The number of nitrogens with one attached hydrogen (secondary N) is 2. The van der Waals surface area contributed by atoms with E-state index in [9.17, 15) is 13.2 Å². The maximum atomic E-state index is 12.3. The smallest absolute Gasteiger partial charge is 0.279 e. The maximum Gasteiger partial charge on any atom is 0.279 e. The monoisotopic (exact) mass is 356 g/mol. The lowest BCUT2D eigenvalue weighted by Gasteiger charge is -2.34. The highest BCUT2D eigenvalue weighted by Crippen LogP contribution is 2.13. The molecular formula is C15H24N4O4S. The van der Waals surface area contributed by atoms with Crippen molar-refractivity contribution in [3.8, 4) is 0 Å². The first kappa shape index (κ1) is 18.8. The molecule has 0 aliphatic carbocycles. The molecule has 24 heavy (non-hydrogen) atoms. The van der Waals surface area contributed by atoms with Gasteiger partial charge in [-0.3, -0.25) is 4.79 Å². The van der Waals surface area contributed by atoms with Gasteiger partial charge in [0.05, 0.1) is 12.2 Å². The summed E-state index contributed by atoms with van der Waals surface area (Å²) in [5.74, 6) is 0.155. The minimum atomic E-state index is -3.62. The minimum Gasteiger partial charge on any atom is -0.373 e. The molecule has 1 aromatic rings. The van der Waals surface area contributed by atoms with Gasteiger partial charge in [-0.05, 0) is 32.4 Å². The zero-order valence-electron chi connectivity index (χ0n) is 14.2. The molecule has 0 unspecified atom stereocenters. The number of hydrogen-bond donors (Lipinski definition) is 2. The summed E-state index contributed by atoms with van der Waals surface area (Å²) >= 11 is 0. The molecule has 2 N–H and O–H groups in total. The van der Waals surface area contributed by atoms with Crippen LogP contribution in [0.1, 0.15) is 25.8 Å². The van der Waals surface area contributed by atoms with Crippen LogP contribution in [-0.2, 0) is 19.7 Å². The molecule has 0 saturated carbocycles. The van der Waals surface area contributed by atoms with Gasteiger partial charge in [-0.25, -0.2) is 9.71 Å². The number of carbonyl (C=O) groups excluding carboxylic acids is 1. The van der Waals surface area contributed by atoms with Gasteiger partial charge in [0.15, 0.2) is 0 Å². The summed E-state index contributed by atoms with van der Waals surface area (Å²) in [4.78, 5) is 15.9. The van der Waals surface area contributed by atoms with Crippen molar-refractivity contribution in [3.05, 3.63) is 23.9 Å². The number of carbonyl (C=O) groups is 1. The van der Waals surface area contributed by atoms with Crippen LogP contribution in [0.15, 0.2) is 18.3 Å². The van der Waals surface area contributed by atoms with Crippen LogP contribution in [0.2, 0.25) is 0 Å². The van der Waals surface area contributed by atoms with Crippen LogP contribution in [0.3, 0.4) is 0 Å². The van der Waals surface area contributed by atoms with Gasteiger partial charge in [-0.1, -0.05) is 6.07 Å². The Bertz CT molecular complexity index is 653. The lowest BCUT2D eigenvalue weighted by atomic mass is 10.3. The van der Waals surface area contributed by atoms with Crippen molar-refractivity contribution in [2.45, 2.75) is 39.4 Å². The zero-order chi connectivity index (χ0) is 17.7. The highest BCUT2D eigenvalue weighted by molar-refractivity contribution is 7.87. The molecule has 134 valence electrons. The molecule has 2 heterocycles. The number of amides is 1. The fraction of sp³-hybridized carbons (Fsp3) is 0.600. The first-order chi connectivity index (χ1) is 11.3. The van der Waals surface area contributed by atoms with E-state index in [1.165, 1.54) is 4.31 Å². The number of rotatable bonds is 6. The summed E-state index contributed by atoms with van der Waals surface area (Å²) < 4.78 is 33.9. The average molecular weight is 356 g/mol. The standard InChI is InChI=1S/C15H24N4O4S/c1-11-4-5-14(16-8-11)18-15(20)6-7-17-24(21,22)19-9-12(2)23-13(3)10-19/h4-5,8,12-13,17H,6-7,9-10H2,1-3H3,(H,16,18,20)/t12-,13-/m1/s1. The Morgan fingerprint density at radius 3 is 2.58 bits per heavy atom. The first-order valence-corrected chi connectivity index (χ1v) is 9.33. The topological polar surface area (TPSA) is 101 Å². The van der Waals surface area contributed by atoms with Crippen LogP contribution < -0.4 is 10.0 Å². The van der Waals surface area contributed by atoms with Gasteiger partial charge in [0.2, 0.25) is 5.91 Å². The highest BCUT2D eigenvalue weighted by Gasteiger charge is 2.30. The third-order valence-corrected chi connectivity index (χ3v) is 5.09. The normalized spacial score (nSPS) is 22.3. The van der Waals surface area contributed by atoms with Crippen LogP contribution in [0.25, 0.3) is 0 Å². The van der Waals surface area contributed by atoms with Gasteiger partial charge < -0.3 is 10.1 Å². The largest absolute Gasteiger partial charge is 0.373 e. The van der Waals surface area contributed by atoms with Crippen molar-refractivity contribution in [2.75, 3.05) is 25.0 Å². The minimum absolute atomic E-state index is 0.0279. The van der Waals surface area contributed by atoms with Gasteiger partial charge in [0, 0.05) is 32.3 Å². The van der Waals surface area contributed by atoms with Crippen LogP contribution in [0.5, 0.6) is 0 Å². The molecule has 0 radical (unpaired) electrons. The van der Waals surface area contributed by atoms with E-state index in [0.29, 0.717) is 18.9 Å². The third kappa shape index (κ3) is 5.52. The van der Waals surface area contributed by atoms with Gasteiger partial charge >= 0.3 is 0 Å². The summed E-state index contributed by atoms with van der Waals surface area (Å²) in [6.07, 6.45) is 1.38. The fourth-order valence-corrected chi connectivity index (χ4v) is 3.81. The number of aryl methyl sites for hydroxylation is 1. The Labute approximate surface area is 142 Å². The molecule has 0 spiro atoms. The molecule has 1 aliphatic heterocycles. The van der Waals surface area contributed by atoms with Crippen molar-refractivity contribution in [3.63, 3.8) is 0 Å². The second-order valence-electron chi connectivity index (χ2n) is 5.99. The van der Waals surface area contributed by atoms with Crippen LogP contribution >= 0.6 is 0 Å². The van der Waals surface area contributed by atoms with Gasteiger partial charge in [-0.2, -0.15) is 12.7 Å². The van der Waals surface area contributed by atoms with Crippen LogP contribution in [0, 0.1) is 6.92 Å². The number of anilines is 1. The molecule has 8 nitrogen and oxygen atoms in total. The Morgan fingerprint density at radius 1 is 1.33 bits per heavy atom. The maximum absolute atomic E-state index is 12.3. The second-order valence-corrected chi connectivity index (χ2v) is 7.75. The van der Waals surface area contributed by atoms with Crippen LogP contribution in [0.4, 0.5) is 5.82 Å². The fourth-order valence-electron chi connectivity index (χ4n) is 2.46. The number of pyridine rings is 1. The number of aromatic nitrogens is 1. The van der Waals surface area contributed by atoms with Gasteiger partial charge in [0.25, 0.3) is 10.2 Å². The first-order valence-electron chi connectivity index (χ1n) is 7.89. The molecule has 1 aromatic heterocycles. The lowest BCUT2D eigenvalue weighted by molar-refractivity contribution is -0.116. The Hall–Kier alpha value is -1.55. The van der Waals surface area contributed by atoms with E-state index in [1.807, 2.05) is 26.8 Å². The van der Waals surface area contributed by atoms with E-state index < -0.39 is 10.2 Å². The Kier molecular flexibility index (Phi) is 6.27. The van der Waals surface area contributed by atoms with Crippen molar-refractivity contribution in [1.29, 1.82) is 0 Å². The van der Waals surface area contributed by atoms with Crippen molar-refractivity contribution < 1.29 is 17.9 Å². The zero-order valence-corrected chi connectivity index (χ0v) is 15.0. The molecule has 2 rings (SSSR count). The number of nitrogens with zero attached hydrogens (tertiary/aromatic N) is 2. The predicted molar refractivity (Wildman–Crippen MR) is 90.7 cm³/mol. The van der Waals surface area contributed by atoms with E-state index >= 15 is 0 Å². The van der Waals surface area contributed by atoms with Crippen molar-refractivity contribution >= 4 is 21.9 Å². The molecule has 2 atom stereocenters. The Balaban J connectivity index is 1.79. The molecule has 1 saturated heterocycles. The van der Waals surface area contributed by atoms with E-state index in [1.54, 1.807) is 12.3 Å². The van der Waals surface area contributed by atoms with E-state index in [0.717, 1.165) is 5.56 Å². The molecule has 0 aromatic carbocycles. The van der Waals surface area contributed by atoms with E-state index in [-0.39, 0.29) is 31.1 Å². The van der Waals surface area contributed by atoms with Crippen molar-refractivity contribution in [2.24, 2.45) is 0 Å². The molecule has 1 fully saturated rings. The molecule has 9 heteroatoms. The number of morpholine rings is 1. The molecule has 1 aliphatic rings. The van der Waals surface area contributed by atoms with Gasteiger partial charge in [0.1, 0.15) is 5.82 Å².